The molecule has 0 bridgehead atoms. The average molecular weight is 188 g/mol. The van der Waals surface area contributed by atoms with Gasteiger partial charge in [-0.05, 0) is 30.7 Å². The summed E-state index contributed by atoms with van der Waals surface area (Å²) in [7, 11) is 0. The third kappa shape index (κ3) is 2.31. The lowest BCUT2D eigenvalue weighted by molar-refractivity contribution is 0.0678. The summed E-state index contributed by atoms with van der Waals surface area (Å²) in [6, 6.07) is 3.21. The summed E-state index contributed by atoms with van der Waals surface area (Å²) in [4.78, 5) is 10.7. The van der Waals surface area contributed by atoms with Gasteiger partial charge in [0.1, 0.15) is 5.82 Å². The molecule has 1 aromatic rings. The first kappa shape index (κ1) is 9.77. The fourth-order valence-corrected chi connectivity index (χ4v) is 1.00. The van der Waals surface area contributed by atoms with Crippen LogP contribution in [0, 0.1) is 12.7 Å². The molecule has 0 amide bonds. The minimum atomic E-state index is -3.08. The van der Waals surface area contributed by atoms with E-state index in [1.165, 1.54) is 19.1 Å². The van der Waals surface area contributed by atoms with E-state index >= 15 is 0 Å². The highest BCUT2D eigenvalue weighted by Crippen LogP contribution is 2.12. The van der Waals surface area contributed by atoms with Gasteiger partial charge in [-0.2, -0.15) is 0 Å². The topological polar surface area (TPSA) is 17.1 Å². The van der Waals surface area contributed by atoms with Crippen LogP contribution < -0.4 is 0 Å². The Morgan fingerprint density at radius 1 is 1.31 bits per heavy atom. The zero-order chi connectivity index (χ0) is 10.0. The Kier molecular flexibility index (Phi) is 2.70. The highest BCUT2D eigenvalue weighted by atomic mass is 19.3. The van der Waals surface area contributed by atoms with E-state index in [0.29, 0.717) is 5.56 Å². The minimum Gasteiger partial charge on any atom is -0.288 e. The summed E-state index contributed by atoms with van der Waals surface area (Å²) in [5.74, 6) is -2.02. The molecule has 0 spiro atoms. The van der Waals surface area contributed by atoms with Crippen LogP contribution in [0.5, 0.6) is 0 Å². The largest absolute Gasteiger partial charge is 0.300 e. The summed E-state index contributed by atoms with van der Waals surface area (Å²) in [6.45, 7) is 1.53. The minimum absolute atomic E-state index is 0.285. The number of halogens is 3. The van der Waals surface area contributed by atoms with Crippen molar-refractivity contribution < 1.29 is 18.0 Å². The molecule has 0 aliphatic heterocycles. The molecule has 0 heterocycles. The second kappa shape index (κ2) is 3.60. The van der Waals surface area contributed by atoms with Gasteiger partial charge in [-0.3, -0.25) is 4.79 Å². The Morgan fingerprint density at radius 3 is 2.38 bits per heavy atom. The first-order valence-electron chi connectivity index (χ1n) is 3.60. The van der Waals surface area contributed by atoms with E-state index in [1.54, 1.807) is 0 Å². The van der Waals surface area contributed by atoms with E-state index in [-0.39, 0.29) is 5.56 Å². The van der Waals surface area contributed by atoms with Crippen molar-refractivity contribution in [1.29, 1.82) is 0 Å². The standard InChI is InChI=1S/C9H7F3O/c1-5-2-6(4-7(10)3-5)8(13)9(11)12/h2-4,9H,1H3. The van der Waals surface area contributed by atoms with Gasteiger partial charge in [-0.25, -0.2) is 13.2 Å². The molecule has 0 fully saturated rings. The van der Waals surface area contributed by atoms with Gasteiger partial charge >= 0.3 is 6.43 Å². The highest BCUT2D eigenvalue weighted by molar-refractivity contribution is 5.98. The maximum atomic E-state index is 12.7. The molecule has 70 valence electrons. The van der Waals surface area contributed by atoms with Gasteiger partial charge in [0, 0.05) is 5.56 Å². The van der Waals surface area contributed by atoms with Crippen molar-refractivity contribution in [3.05, 3.63) is 35.1 Å². The van der Waals surface area contributed by atoms with Crippen molar-refractivity contribution in [3.63, 3.8) is 0 Å². The van der Waals surface area contributed by atoms with E-state index in [2.05, 4.69) is 0 Å². The fourth-order valence-electron chi connectivity index (χ4n) is 1.00. The Morgan fingerprint density at radius 2 is 1.92 bits per heavy atom. The molecule has 0 aromatic heterocycles. The number of benzene rings is 1. The number of alkyl halides is 2. The SMILES string of the molecule is Cc1cc(F)cc(C(=O)C(F)F)c1. The lowest BCUT2D eigenvalue weighted by Crippen LogP contribution is -2.10. The van der Waals surface area contributed by atoms with Crippen molar-refractivity contribution in [2.75, 3.05) is 0 Å². The number of ketones is 1. The van der Waals surface area contributed by atoms with Crippen molar-refractivity contribution in [2.24, 2.45) is 0 Å². The number of rotatable bonds is 2. The first-order chi connectivity index (χ1) is 6.00. The predicted molar refractivity (Wildman–Crippen MR) is 41.5 cm³/mol. The van der Waals surface area contributed by atoms with Crippen molar-refractivity contribution in [1.82, 2.24) is 0 Å². The van der Waals surface area contributed by atoms with Gasteiger partial charge in [-0.15, -0.1) is 0 Å². The molecule has 0 saturated carbocycles. The molecule has 0 aliphatic rings. The molecule has 0 aliphatic carbocycles. The van der Waals surface area contributed by atoms with Gasteiger partial charge in [0.15, 0.2) is 0 Å². The summed E-state index contributed by atoms with van der Waals surface area (Å²) in [5, 5.41) is 0. The van der Waals surface area contributed by atoms with E-state index < -0.39 is 18.0 Å². The Bertz CT molecular complexity index is 313. The molecule has 1 rings (SSSR count). The van der Waals surface area contributed by atoms with Crippen LogP contribution in [-0.2, 0) is 0 Å². The van der Waals surface area contributed by atoms with Crippen LogP contribution in [0.3, 0.4) is 0 Å². The maximum absolute atomic E-state index is 12.7. The van der Waals surface area contributed by atoms with Gasteiger partial charge in [-0.1, -0.05) is 0 Å². The Balaban J connectivity index is 3.08. The second-order valence-electron chi connectivity index (χ2n) is 2.68. The van der Waals surface area contributed by atoms with E-state index in [9.17, 15) is 18.0 Å². The third-order valence-electron chi connectivity index (χ3n) is 1.52. The number of aryl methyl sites for hydroxylation is 1. The maximum Gasteiger partial charge on any atom is 0.300 e. The zero-order valence-corrected chi connectivity index (χ0v) is 6.85. The summed E-state index contributed by atoms with van der Waals surface area (Å²) in [5.41, 5.74) is 0.163. The first-order valence-corrected chi connectivity index (χ1v) is 3.60. The van der Waals surface area contributed by atoms with Crippen LogP contribution in [0.4, 0.5) is 13.2 Å². The second-order valence-corrected chi connectivity index (χ2v) is 2.68. The Labute approximate surface area is 73.2 Å². The van der Waals surface area contributed by atoms with Gasteiger partial charge in [0.25, 0.3) is 0 Å². The number of Topliss-reactive ketones (excluding diaryl/α,β-unsaturated/α-hetero) is 1. The molecule has 0 atom stereocenters. The molecule has 4 heteroatoms. The lowest BCUT2D eigenvalue weighted by Gasteiger charge is -2.01. The molecular formula is C9H7F3O. The summed E-state index contributed by atoms with van der Waals surface area (Å²) in [6.07, 6.45) is -3.08. The van der Waals surface area contributed by atoms with Gasteiger partial charge < -0.3 is 0 Å². The van der Waals surface area contributed by atoms with Crippen molar-refractivity contribution in [2.45, 2.75) is 13.3 Å². The number of carbonyl (C=O) groups excluding carboxylic acids is 1. The third-order valence-corrected chi connectivity index (χ3v) is 1.52. The molecule has 0 saturated heterocycles. The monoisotopic (exact) mass is 188 g/mol. The smallest absolute Gasteiger partial charge is 0.288 e. The highest BCUT2D eigenvalue weighted by Gasteiger charge is 2.18. The molecule has 0 N–H and O–H groups in total. The molecule has 0 radical (unpaired) electrons. The van der Waals surface area contributed by atoms with E-state index in [4.69, 9.17) is 0 Å². The number of carbonyl (C=O) groups is 1. The van der Waals surface area contributed by atoms with Crippen LogP contribution in [-0.4, -0.2) is 12.2 Å². The van der Waals surface area contributed by atoms with E-state index in [1.807, 2.05) is 0 Å². The summed E-state index contributed by atoms with van der Waals surface area (Å²) >= 11 is 0. The number of hydrogen-bond acceptors (Lipinski definition) is 1. The van der Waals surface area contributed by atoms with Crippen molar-refractivity contribution in [3.8, 4) is 0 Å². The van der Waals surface area contributed by atoms with Crippen LogP contribution in [0.1, 0.15) is 15.9 Å². The molecule has 0 unspecified atom stereocenters. The normalized spacial score (nSPS) is 10.5. The van der Waals surface area contributed by atoms with Gasteiger partial charge in [0.2, 0.25) is 5.78 Å². The van der Waals surface area contributed by atoms with Crippen LogP contribution in [0.15, 0.2) is 18.2 Å². The van der Waals surface area contributed by atoms with Crippen LogP contribution >= 0.6 is 0 Å². The molecule has 13 heavy (non-hydrogen) atoms. The summed E-state index contributed by atoms with van der Waals surface area (Å²) < 4.78 is 36.5. The lowest BCUT2D eigenvalue weighted by atomic mass is 10.1. The zero-order valence-electron chi connectivity index (χ0n) is 6.85. The van der Waals surface area contributed by atoms with Crippen LogP contribution in [0.25, 0.3) is 0 Å². The molecular weight excluding hydrogens is 181 g/mol. The quantitative estimate of drug-likeness (QED) is 0.652. The van der Waals surface area contributed by atoms with Gasteiger partial charge in [0.05, 0.1) is 0 Å². The molecule has 1 aromatic carbocycles. The predicted octanol–water partition coefficient (Wildman–Crippen LogP) is 2.58. The average Bonchev–Trinajstić information content (AvgIpc) is 2.01. The van der Waals surface area contributed by atoms with Crippen LogP contribution in [0.2, 0.25) is 0 Å². The molecule has 1 nitrogen and oxygen atoms in total. The fraction of sp³-hybridized carbons (Fsp3) is 0.222. The Hall–Kier alpha value is -1.32. The number of hydrogen-bond donors (Lipinski definition) is 0. The van der Waals surface area contributed by atoms with Crippen molar-refractivity contribution >= 4 is 5.78 Å². The van der Waals surface area contributed by atoms with E-state index in [0.717, 1.165) is 6.07 Å².